The minimum absolute atomic E-state index is 0.297. The second-order valence-electron chi connectivity index (χ2n) is 11.2. The minimum Gasteiger partial charge on any atom is -0.481 e. The van der Waals surface area contributed by atoms with E-state index in [9.17, 15) is 14.4 Å². The Morgan fingerprint density at radius 2 is 1.74 bits per heavy atom. The monoisotopic (exact) mass is 532 g/mol. The molecule has 4 aliphatic rings. The van der Waals surface area contributed by atoms with Crippen molar-refractivity contribution < 1.29 is 39.2 Å². The number of likely N-dealkylation sites (tertiary alicyclic amines) is 1. The zero-order valence-corrected chi connectivity index (χ0v) is 22.0. The van der Waals surface area contributed by atoms with Crippen molar-refractivity contribution in [3.63, 3.8) is 0 Å². The summed E-state index contributed by atoms with van der Waals surface area (Å²) in [4.78, 5) is 33.9. The number of nitrogens with zero attached hydrogens (tertiary/aromatic N) is 1. The molecule has 38 heavy (non-hydrogen) atoms. The van der Waals surface area contributed by atoms with E-state index in [0.29, 0.717) is 29.6 Å². The summed E-state index contributed by atoms with van der Waals surface area (Å²) in [7, 11) is 1.86. The molecular formula is C28H40N2O8. The van der Waals surface area contributed by atoms with Crippen LogP contribution in [0.2, 0.25) is 0 Å². The van der Waals surface area contributed by atoms with E-state index in [-0.39, 0.29) is 11.5 Å². The number of fused-ring (bicyclic) bond motifs is 4. The smallest absolute Gasteiger partial charge is 0.333 e. The number of nitrogens with two attached hydrogens (primary N) is 1. The summed E-state index contributed by atoms with van der Waals surface area (Å²) >= 11 is 0. The first-order valence-electron chi connectivity index (χ1n) is 13.6. The van der Waals surface area contributed by atoms with Crippen molar-refractivity contribution in [2.75, 3.05) is 26.7 Å². The third-order valence-corrected chi connectivity index (χ3v) is 8.77. The number of carboxylic acids is 2. The predicted molar refractivity (Wildman–Crippen MR) is 137 cm³/mol. The number of carboxylic acid groups (broad SMARTS) is 2. The molecule has 4 unspecified atom stereocenters. The van der Waals surface area contributed by atoms with Crippen LogP contribution in [0.5, 0.6) is 0 Å². The molecule has 1 amide bonds. The predicted octanol–water partition coefficient (Wildman–Crippen LogP) is 2.22. The van der Waals surface area contributed by atoms with Crippen molar-refractivity contribution in [3.05, 3.63) is 35.4 Å². The number of aliphatic hydroxyl groups is 1. The van der Waals surface area contributed by atoms with Crippen LogP contribution in [0.15, 0.2) is 24.3 Å². The molecule has 6 atom stereocenters. The molecule has 4 bridgehead atoms. The maximum absolute atomic E-state index is 11.8. The Morgan fingerprint density at radius 3 is 2.24 bits per heavy atom. The number of aliphatic hydroxyl groups excluding tert-OH is 1. The van der Waals surface area contributed by atoms with Crippen LogP contribution in [-0.2, 0) is 24.7 Å². The zero-order valence-electron chi connectivity index (χ0n) is 22.0. The van der Waals surface area contributed by atoms with Gasteiger partial charge in [-0.05, 0) is 62.1 Å². The molecule has 1 aromatic rings. The highest BCUT2D eigenvalue weighted by Gasteiger charge is 2.53. The van der Waals surface area contributed by atoms with Gasteiger partial charge < -0.3 is 35.4 Å². The van der Waals surface area contributed by atoms with E-state index >= 15 is 0 Å². The topological polar surface area (TPSA) is 160 Å². The maximum atomic E-state index is 11.8. The Balaban J connectivity index is 0.000000323. The van der Waals surface area contributed by atoms with Gasteiger partial charge in [0.15, 0.2) is 6.10 Å². The van der Waals surface area contributed by atoms with E-state index in [1.807, 2.05) is 19.2 Å². The molecule has 5 rings (SSSR count). The molecule has 3 heterocycles. The summed E-state index contributed by atoms with van der Waals surface area (Å²) in [6, 6.07) is 7.87. The van der Waals surface area contributed by atoms with Crippen molar-refractivity contribution in [2.24, 2.45) is 23.5 Å². The number of amides is 1. The molecule has 3 aliphatic heterocycles. The molecule has 1 saturated carbocycles. The summed E-state index contributed by atoms with van der Waals surface area (Å²) in [5.41, 5.74) is 6.99. The molecule has 210 valence electrons. The van der Waals surface area contributed by atoms with Crippen LogP contribution in [0, 0.1) is 17.8 Å². The van der Waals surface area contributed by atoms with Gasteiger partial charge in [0.05, 0.1) is 18.6 Å². The Kier molecular flexibility index (Phi) is 9.07. The van der Waals surface area contributed by atoms with Crippen molar-refractivity contribution >= 4 is 17.8 Å². The number of piperidine rings is 1. The highest BCUT2D eigenvalue weighted by Crippen LogP contribution is 2.52. The first-order chi connectivity index (χ1) is 18.1. The van der Waals surface area contributed by atoms with Gasteiger partial charge in [-0.3, -0.25) is 9.59 Å². The first-order valence-corrected chi connectivity index (χ1v) is 13.6. The molecule has 4 fully saturated rings. The van der Waals surface area contributed by atoms with Crippen LogP contribution in [0.3, 0.4) is 0 Å². The lowest BCUT2D eigenvalue weighted by molar-refractivity contribution is -0.171. The van der Waals surface area contributed by atoms with E-state index in [4.69, 9.17) is 30.5 Å². The number of methoxy groups -OCH3 is 1. The normalized spacial score (nSPS) is 33.1. The van der Waals surface area contributed by atoms with E-state index in [1.165, 1.54) is 51.5 Å². The summed E-state index contributed by atoms with van der Waals surface area (Å²) in [6.45, 7) is 3.36. The third-order valence-electron chi connectivity index (χ3n) is 8.77. The van der Waals surface area contributed by atoms with Crippen LogP contribution in [0.25, 0.3) is 0 Å². The quantitative estimate of drug-likeness (QED) is 0.394. The zero-order chi connectivity index (χ0) is 27.4. The fraction of sp³-hybridized carbons (Fsp3) is 0.679. The lowest BCUT2D eigenvalue weighted by atomic mass is 9.62. The average molecular weight is 533 g/mol. The third kappa shape index (κ3) is 6.20. The summed E-state index contributed by atoms with van der Waals surface area (Å²) < 4.78 is 12.4. The molecule has 1 aromatic carbocycles. The highest BCUT2D eigenvalue weighted by molar-refractivity contribution is 5.93. The number of benzene rings is 1. The second kappa shape index (κ2) is 12.1. The number of aliphatic carboxylic acids is 2. The van der Waals surface area contributed by atoms with Crippen LogP contribution in [-0.4, -0.2) is 83.1 Å². The van der Waals surface area contributed by atoms with Gasteiger partial charge in [-0.25, -0.2) is 4.79 Å². The number of carbonyl (C=O) groups excluding carboxylic acids is 1. The Morgan fingerprint density at radius 1 is 1.11 bits per heavy atom. The minimum atomic E-state index is -1.79. The molecule has 10 heteroatoms. The van der Waals surface area contributed by atoms with Gasteiger partial charge in [0, 0.05) is 44.1 Å². The second-order valence-corrected chi connectivity index (χ2v) is 11.2. The number of ether oxygens (including phenoxy) is 2. The van der Waals surface area contributed by atoms with Gasteiger partial charge in [-0.1, -0.05) is 18.6 Å². The Hall–Kier alpha value is -2.53. The van der Waals surface area contributed by atoms with Crippen LogP contribution >= 0.6 is 0 Å². The molecule has 0 spiro atoms. The first kappa shape index (κ1) is 28.5. The van der Waals surface area contributed by atoms with Crippen LogP contribution < -0.4 is 5.73 Å². The molecule has 0 radical (unpaired) electrons. The van der Waals surface area contributed by atoms with Crippen molar-refractivity contribution in [2.45, 2.75) is 75.3 Å². The number of hydrogen-bond donors (Lipinski definition) is 4. The van der Waals surface area contributed by atoms with E-state index in [0.717, 1.165) is 24.6 Å². The highest BCUT2D eigenvalue weighted by atomic mass is 16.5. The summed E-state index contributed by atoms with van der Waals surface area (Å²) in [6.07, 6.45) is 7.10. The molecule has 0 aromatic heterocycles. The average Bonchev–Trinajstić information content (AvgIpc) is 3.21. The molecule has 3 saturated heterocycles. The van der Waals surface area contributed by atoms with Gasteiger partial charge in [-0.2, -0.15) is 0 Å². The van der Waals surface area contributed by atoms with E-state index < -0.39 is 24.5 Å². The summed E-state index contributed by atoms with van der Waals surface area (Å²) in [5, 5.41) is 24.1. The Bertz CT molecular complexity index is 990. The van der Waals surface area contributed by atoms with E-state index in [1.54, 1.807) is 6.07 Å². The molecule has 5 N–H and O–H groups in total. The fourth-order valence-electron chi connectivity index (χ4n) is 7.25. The molecular weight excluding hydrogens is 492 g/mol. The van der Waals surface area contributed by atoms with Gasteiger partial charge in [0.1, 0.15) is 5.60 Å². The number of rotatable bonds is 8. The number of carbonyl (C=O) groups is 3. The molecule has 10 nitrogen and oxygen atoms in total. The van der Waals surface area contributed by atoms with Crippen molar-refractivity contribution in [1.82, 2.24) is 4.90 Å². The van der Waals surface area contributed by atoms with Gasteiger partial charge >= 0.3 is 11.9 Å². The number of primary amides is 1. The lowest BCUT2D eigenvalue weighted by Crippen LogP contribution is -2.59. The van der Waals surface area contributed by atoms with Crippen molar-refractivity contribution in [1.29, 1.82) is 0 Å². The fourth-order valence-corrected chi connectivity index (χ4v) is 7.25. The molecule has 1 aliphatic carbocycles. The van der Waals surface area contributed by atoms with Crippen LogP contribution in [0.1, 0.15) is 67.3 Å². The van der Waals surface area contributed by atoms with Gasteiger partial charge in [0.25, 0.3) is 0 Å². The van der Waals surface area contributed by atoms with Gasteiger partial charge in [0.2, 0.25) is 5.91 Å². The SMILES string of the molecule is COC1(c2cccc(C(N)=O)c2)C2CCCC1CN(CC1C[C@H]3CC[C@@H](C1)O3)C2.O=C(O)CC(O)C(=O)O. The lowest BCUT2D eigenvalue weighted by Gasteiger charge is -2.56. The van der Waals surface area contributed by atoms with Gasteiger partial charge in [-0.15, -0.1) is 0 Å². The Labute approximate surface area is 223 Å². The standard InChI is InChI=1S/C24H34N2O3.C4H6O5/c1-28-24(18-5-2-4-17(12-18)23(25)27)19-6-3-7-20(24)15-26(14-19)13-16-10-21-8-9-22(11-16)29-21;5-2(4(8)9)1-3(6)7/h2,4-5,12,16,19-22H,3,6-11,13-15H2,1H3,(H2,25,27);2,5H,1H2,(H,6,7)(H,8,9)/t16?,19?,20?,21-,22+,24?;. The maximum Gasteiger partial charge on any atom is 0.333 e. The van der Waals surface area contributed by atoms with Crippen LogP contribution in [0.4, 0.5) is 0 Å². The largest absolute Gasteiger partial charge is 0.481 e. The number of hydrogen-bond acceptors (Lipinski definition) is 7. The summed E-state index contributed by atoms with van der Waals surface area (Å²) in [5.74, 6) is -1.52. The van der Waals surface area contributed by atoms with E-state index in [2.05, 4.69) is 11.0 Å². The van der Waals surface area contributed by atoms with Crippen molar-refractivity contribution in [3.8, 4) is 0 Å².